The summed E-state index contributed by atoms with van der Waals surface area (Å²) in [6.45, 7) is 8.83. The molecule has 4 heterocycles. The van der Waals surface area contributed by atoms with Crippen LogP contribution in [-0.2, 0) is 4.74 Å². The Bertz CT molecular complexity index is 1550. The molecule has 2 aliphatic heterocycles. The van der Waals surface area contributed by atoms with Gasteiger partial charge in [0.1, 0.15) is 29.2 Å². The number of nitrogens with zero attached hydrogens (tertiary/aromatic N) is 6. The molecule has 4 aromatic rings. The maximum absolute atomic E-state index is 14.0. The molecule has 0 saturated carbocycles. The number of hydrogen-bond donors (Lipinski definition) is 1. The molecule has 2 aliphatic rings. The molecule has 6 rings (SSSR count). The Kier molecular flexibility index (Phi) is 6.98. The van der Waals surface area contributed by atoms with E-state index in [0.29, 0.717) is 47.4 Å². The van der Waals surface area contributed by atoms with Gasteiger partial charge in [0.2, 0.25) is 0 Å². The summed E-state index contributed by atoms with van der Waals surface area (Å²) < 4.78 is 27.2. The van der Waals surface area contributed by atoms with Crippen molar-refractivity contribution >= 4 is 22.9 Å². The third-order valence-electron chi connectivity index (χ3n) is 7.59. The molecule has 2 fully saturated rings. The fourth-order valence-electron chi connectivity index (χ4n) is 5.44. The molecule has 10 nitrogen and oxygen atoms in total. The molecule has 11 heteroatoms. The van der Waals surface area contributed by atoms with E-state index in [4.69, 9.17) is 20.3 Å². The molecule has 0 aliphatic carbocycles. The summed E-state index contributed by atoms with van der Waals surface area (Å²) in [5, 5.41) is 5.70. The number of carbonyl (C=O) groups excluding carboxylic acids is 1. The third-order valence-corrected chi connectivity index (χ3v) is 7.59. The Morgan fingerprint density at radius 1 is 1.00 bits per heavy atom. The number of likely N-dealkylation sites (tertiary alicyclic amines) is 2. The minimum Gasteiger partial charge on any atom is -0.454 e. The molecule has 2 saturated heterocycles. The molecule has 0 radical (unpaired) electrons. The van der Waals surface area contributed by atoms with Crippen molar-refractivity contribution in [1.29, 1.82) is 0 Å². The van der Waals surface area contributed by atoms with Crippen LogP contribution in [0, 0.1) is 5.82 Å². The number of carbonyl (C=O) groups is 1. The monoisotopic (exact) mass is 559 g/mol. The van der Waals surface area contributed by atoms with Crippen LogP contribution in [0.2, 0.25) is 0 Å². The van der Waals surface area contributed by atoms with Crippen molar-refractivity contribution in [3.05, 3.63) is 60.7 Å². The van der Waals surface area contributed by atoms with Crippen LogP contribution in [0.4, 0.5) is 15.0 Å². The van der Waals surface area contributed by atoms with Crippen LogP contribution in [0.3, 0.4) is 0 Å². The van der Waals surface area contributed by atoms with Gasteiger partial charge in [-0.15, -0.1) is 0 Å². The number of anilines is 1. The quantitative estimate of drug-likeness (QED) is 0.352. The number of halogens is 1. The van der Waals surface area contributed by atoms with E-state index in [1.54, 1.807) is 35.2 Å². The molecule has 2 aromatic heterocycles. The van der Waals surface area contributed by atoms with E-state index in [9.17, 15) is 9.18 Å². The average Bonchev–Trinajstić information content (AvgIpc) is 3.30. The second kappa shape index (κ2) is 10.6. The van der Waals surface area contributed by atoms with Gasteiger partial charge in [-0.25, -0.2) is 23.8 Å². The predicted octanol–water partition coefficient (Wildman–Crippen LogP) is 5.26. The van der Waals surface area contributed by atoms with Crippen LogP contribution in [0.25, 0.3) is 22.3 Å². The van der Waals surface area contributed by atoms with Crippen LogP contribution in [-0.4, -0.2) is 73.5 Å². The highest BCUT2D eigenvalue weighted by Gasteiger charge is 2.38. The minimum absolute atomic E-state index is 0.155. The van der Waals surface area contributed by atoms with Gasteiger partial charge < -0.3 is 20.1 Å². The molecule has 214 valence electrons. The first kappa shape index (κ1) is 26.9. The van der Waals surface area contributed by atoms with Crippen molar-refractivity contribution in [3.8, 4) is 22.8 Å². The summed E-state index contributed by atoms with van der Waals surface area (Å²) in [6, 6.07) is 14.1. The number of rotatable bonds is 5. The second-order valence-corrected chi connectivity index (χ2v) is 11.6. The van der Waals surface area contributed by atoms with Crippen molar-refractivity contribution < 1.29 is 18.7 Å². The third kappa shape index (κ3) is 5.54. The lowest BCUT2D eigenvalue weighted by atomic mass is 10.00. The topological polar surface area (TPSA) is 112 Å². The summed E-state index contributed by atoms with van der Waals surface area (Å²) in [7, 11) is 0. The zero-order valence-electron chi connectivity index (χ0n) is 23.5. The average molecular weight is 560 g/mol. The fraction of sp³-hybridized carbons (Fsp3) is 0.400. The lowest BCUT2D eigenvalue weighted by Crippen LogP contribution is -2.62. The van der Waals surface area contributed by atoms with E-state index in [1.807, 2.05) is 37.6 Å². The molecule has 1 amide bonds. The lowest BCUT2D eigenvalue weighted by Gasteiger charge is -2.47. The molecular weight excluding hydrogens is 525 g/mol. The highest BCUT2D eigenvalue weighted by Crippen LogP contribution is 2.36. The van der Waals surface area contributed by atoms with Gasteiger partial charge in [0.05, 0.1) is 11.4 Å². The van der Waals surface area contributed by atoms with E-state index in [0.717, 1.165) is 31.5 Å². The van der Waals surface area contributed by atoms with Crippen molar-refractivity contribution in [1.82, 2.24) is 29.5 Å². The van der Waals surface area contributed by atoms with Crippen LogP contribution < -0.4 is 10.5 Å². The zero-order chi connectivity index (χ0) is 28.7. The number of aromatic nitrogens is 4. The van der Waals surface area contributed by atoms with Crippen molar-refractivity contribution in [2.24, 2.45) is 0 Å². The van der Waals surface area contributed by atoms with Crippen LogP contribution in [0.1, 0.15) is 39.7 Å². The molecule has 41 heavy (non-hydrogen) atoms. The van der Waals surface area contributed by atoms with E-state index < -0.39 is 11.4 Å². The van der Waals surface area contributed by atoms with Crippen LogP contribution in [0.15, 0.2) is 54.9 Å². The Morgan fingerprint density at radius 3 is 2.39 bits per heavy atom. The number of nitrogen functional groups attached to an aromatic ring is 1. The maximum atomic E-state index is 14.0. The standard InChI is InChI=1S/C30H34FN7O3/c1-30(2,3)41-29(39)37-16-21(17-37)36-14-12-20(13-15-36)38-28-25(27(32)33-18-34-28)26(35-38)19-8-10-22(11-9-19)40-24-7-5-4-6-23(24)31/h4-11,18,20-21H,12-17H2,1-3H3,(H2,32,33,34). The van der Waals surface area contributed by atoms with Gasteiger partial charge in [-0.1, -0.05) is 12.1 Å². The number of amides is 1. The Morgan fingerprint density at radius 2 is 1.71 bits per heavy atom. The summed E-state index contributed by atoms with van der Waals surface area (Å²) in [4.78, 5) is 25.3. The van der Waals surface area contributed by atoms with Gasteiger partial charge in [-0.2, -0.15) is 5.10 Å². The fourth-order valence-corrected chi connectivity index (χ4v) is 5.44. The van der Waals surface area contributed by atoms with Gasteiger partial charge in [-0.3, -0.25) is 4.90 Å². The lowest BCUT2D eigenvalue weighted by molar-refractivity contribution is -0.0213. The molecular formula is C30H34FN7O3. The molecule has 0 unspecified atom stereocenters. The summed E-state index contributed by atoms with van der Waals surface area (Å²) in [5.41, 5.74) is 8.08. The van der Waals surface area contributed by atoms with Gasteiger partial charge in [-0.05, 0) is 70.0 Å². The number of nitrogens with two attached hydrogens (primary N) is 1. The normalized spacial score (nSPS) is 17.0. The van der Waals surface area contributed by atoms with E-state index in [2.05, 4.69) is 14.9 Å². The predicted molar refractivity (Wildman–Crippen MR) is 153 cm³/mol. The van der Waals surface area contributed by atoms with Gasteiger partial charge in [0.25, 0.3) is 0 Å². The van der Waals surface area contributed by atoms with Gasteiger partial charge in [0, 0.05) is 37.8 Å². The number of benzene rings is 2. The molecule has 0 spiro atoms. The first-order valence-electron chi connectivity index (χ1n) is 13.9. The van der Waals surface area contributed by atoms with E-state index >= 15 is 0 Å². The SMILES string of the molecule is CC(C)(C)OC(=O)N1CC(N2CCC(n3nc(-c4ccc(Oc5ccccc5F)cc4)c4c(N)ncnc43)CC2)C1. The van der Waals surface area contributed by atoms with Gasteiger partial charge in [0.15, 0.2) is 17.2 Å². The Balaban J connectivity index is 1.15. The highest BCUT2D eigenvalue weighted by atomic mass is 19.1. The number of ether oxygens (including phenoxy) is 2. The number of hydrogen-bond acceptors (Lipinski definition) is 8. The first-order valence-corrected chi connectivity index (χ1v) is 13.9. The molecule has 0 bridgehead atoms. The maximum Gasteiger partial charge on any atom is 0.410 e. The minimum atomic E-state index is -0.490. The molecule has 2 N–H and O–H groups in total. The molecule has 0 atom stereocenters. The van der Waals surface area contributed by atoms with Crippen molar-refractivity contribution in [2.45, 2.75) is 51.3 Å². The Labute approximate surface area is 237 Å². The van der Waals surface area contributed by atoms with Crippen molar-refractivity contribution in [2.75, 3.05) is 31.9 Å². The summed E-state index contributed by atoms with van der Waals surface area (Å²) >= 11 is 0. The van der Waals surface area contributed by atoms with Crippen LogP contribution >= 0.6 is 0 Å². The number of fused-ring (bicyclic) bond motifs is 1. The second-order valence-electron chi connectivity index (χ2n) is 11.6. The number of piperidine rings is 1. The molecule has 2 aromatic carbocycles. The summed E-state index contributed by atoms with van der Waals surface area (Å²) in [5.74, 6) is 0.630. The van der Waals surface area contributed by atoms with E-state index in [1.165, 1.54) is 12.4 Å². The number of para-hydroxylation sites is 1. The smallest absolute Gasteiger partial charge is 0.410 e. The highest BCUT2D eigenvalue weighted by molar-refractivity contribution is 5.98. The van der Waals surface area contributed by atoms with Gasteiger partial charge >= 0.3 is 6.09 Å². The largest absolute Gasteiger partial charge is 0.454 e. The van der Waals surface area contributed by atoms with E-state index in [-0.39, 0.29) is 17.9 Å². The summed E-state index contributed by atoms with van der Waals surface area (Å²) in [6.07, 6.45) is 3.03. The van der Waals surface area contributed by atoms with Crippen LogP contribution in [0.5, 0.6) is 11.5 Å². The Hall–Kier alpha value is -4.25. The first-order chi connectivity index (χ1) is 19.7. The zero-order valence-corrected chi connectivity index (χ0v) is 23.5. The van der Waals surface area contributed by atoms with Crippen molar-refractivity contribution in [3.63, 3.8) is 0 Å².